The lowest BCUT2D eigenvalue weighted by Gasteiger charge is -2.19. The molecular formula is C21H35NO2. The summed E-state index contributed by atoms with van der Waals surface area (Å²) in [6.45, 7) is 0.788. The van der Waals surface area contributed by atoms with E-state index in [4.69, 9.17) is 5.73 Å². The summed E-state index contributed by atoms with van der Waals surface area (Å²) in [5.41, 5.74) is 7.14. The predicted molar refractivity (Wildman–Crippen MR) is 98.4 cm³/mol. The summed E-state index contributed by atoms with van der Waals surface area (Å²) in [7, 11) is 0. The highest BCUT2D eigenvalue weighted by Crippen LogP contribution is 2.50. The second kappa shape index (κ2) is 8.64. The van der Waals surface area contributed by atoms with Crippen LogP contribution in [0.5, 0.6) is 0 Å². The van der Waals surface area contributed by atoms with Gasteiger partial charge in [-0.2, -0.15) is 0 Å². The van der Waals surface area contributed by atoms with Gasteiger partial charge in [-0.15, -0.1) is 0 Å². The number of allylic oxidation sites excluding steroid dienone is 2. The molecule has 3 aliphatic rings. The van der Waals surface area contributed by atoms with E-state index in [-0.39, 0.29) is 18.1 Å². The largest absolute Gasteiger partial charge is 0.392 e. The van der Waals surface area contributed by atoms with Crippen LogP contribution in [0.4, 0.5) is 0 Å². The van der Waals surface area contributed by atoms with E-state index in [0.717, 1.165) is 45.1 Å². The molecule has 3 nitrogen and oxygen atoms in total. The van der Waals surface area contributed by atoms with Gasteiger partial charge in [0.1, 0.15) is 0 Å². The fourth-order valence-electron chi connectivity index (χ4n) is 5.23. The van der Waals surface area contributed by atoms with Gasteiger partial charge in [0.15, 0.2) is 0 Å². The minimum absolute atomic E-state index is 0.217. The van der Waals surface area contributed by atoms with Gasteiger partial charge in [-0.3, -0.25) is 0 Å². The summed E-state index contributed by atoms with van der Waals surface area (Å²) >= 11 is 0. The van der Waals surface area contributed by atoms with E-state index < -0.39 is 0 Å². The first-order valence-electron chi connectivity index (χ1n) is 10.1. The van der Waals surface area contributed by atoms with Crippen LogP contribution in [-0.4, -0.2) is 29.0 Å². The third-order valence-corrected chi connectivity index (χ3v) is 6.62. The Morgan fingerprint density at radius 2 is 1.96 bits per heavy atom. The van der Waals surface area contributed by atoms with E-state index in [0.29, 0.717) is 17.8 Å². The molecule has 3 rings (SSSR count). The maximum absolute atomic E-state index is 10.4. The van der Waals surface area contributed by atoms with Crippen molar-refractivity contribution in [3.8, 4) is 0 Å². The minimum atomic E-state index is -0.313. The molecule has 0 radical (unpaired) electrons. The molecule has 0 aliphatic heterocycles. The number of aliphatic hydroxyl groups is 2. The zero-order valence-corrected chi connectivity index (χ0v) is 14.9. The van der Waals surface area contributed by atoms with Crippen LogP contribution in [0.15, 0.2) is 23.8 Å². The average Bonchev–Trinajstić information content (AvgIpc) is 3.26. The van der Waals surface area contributed by atoms with Gasteiger partial charge in [-0.05, 0) is 75.7 Å². The van der Waals surface area contributed by atoms with Crippen molar-refractivity contribution in [1.82, 2.24) is 0 Å². The van der Waals surface area contributed by atoms with Crippen molar-refractivity contribution in [1.29, 1.82) is 0 Å². The third kappa shape index (κ3) is 4.30. The van der Waals surface area contributed by atoms with Crippen LogP contribution in [0.25, 0.3) is 0 Å². The SMILES string of the molecule is NCCCC/C=C1\C[C@H]2C[C@@H](O)[C@H](/C=C/[C@@H](O)C3CCCC3)[C@H]2C1. The zero-order valence-electron chi connectivity index (χ0n) is 14.9. The number of unbranched alkanes of at least 4 members (excludes halogenated alkanes) is 2. The average molecular weight is 334 g/mol. The van der Waals surface area contributed by atoms with E-state index in [9.17, 15) is 10.2 Å². The van der Waals surface area contributed by atoms with Crippen molar-refractivity contribution in [3.05, 3.63) is 23.8 Å². The summed E-state index contributed by atoms with van der Waals surface area (Å²) in [5, 5.41) is 20.8. The maximum Gasteiger partial charge on any atom is 0.0749 e. The van der Waals surface area contributed by atoms with E-state index in [2.05, 4.69) is 12.2 Å². The summed E-state index contributed by atoms with van der Waals surface area (Å²) in [6, 6.07) is 0. The zero-order chi connectivity index (χ0) is 16.9. The van der Waals surface area contributed by atoms with Crippen molar-refractivity contribution in [3.63, 3.8) is 0 Å². The fourth-order valence-corrected chi connectivity index (χ4v) is 5.23. The summed E-state index contributed by atoms with van der Waals surface area (Å²) in [6.07, 6.45) is 17.5. The van der Waals surface area contributed by atoms with Crippen LogP contribution in [0.3, 0.4) is 0 Å². The van der Waals surface area contributed by atoms with Crippen LogP contribution in [-0.2, 0) is 0 Å². The lowest BCUT2D eigenvalue weighted by Crippen LogP contribution is -2.19. The summed E-state index contributed by atoms with van der Waals surface area (Å²) < 4.78 is 0. The second-order valence-electron chi connectivity index (χ2n) is 8.28. The Morgan fingerprint density at radius 1 is 1.17 bits per heavy atom. The van der Waals surface area contributed by atoms with Crippen LogP contribution in [0.1, 0.15) is 64.2 Å². The Morgan fingerprint density at radius 3 is 2.71 bits per heavy atom. The smallest absolute Gasteiger partial charge is 0.0749 e. The normalized spacial score (nSPS) is 36.9. The first kappa shape index (κ1) is 18.2. The highest BCUT2D eigenvalue weighted by atomic mass is 16.3. The minimum Gasteiger partial charge on any atom is -0.392 e. The van der Waals surface area contributed by atoms with Gasteiger partial charge in [0.05, 0.1) is 12.2 Å². The molecule has 0 bridgehead atoms. The maximum atomic E-state index is 10.4. The third-order valence-electron chi connectivity index (χ3n) is 6.62. The van der Waals surface area contributed by atoms with Gasteiger partial charge in [-0.1, -0.05) is 36.6 Å². The predicted octanol–water partition coefficient (Wildman–Crippen LogP) is 3.56. The van der Waals surface area contributed by atoms with Gasteiger partial charge in [0.2, 0.25) is 0 Å². The van der Waals surface area contributed by atoms with Crippen molar-refractivity contribution < 1.29 is 10.2 Å². The Balaban J connectivity index is 1.54. The number of rotatable bonds is 7. The van der Waals surface area contributed by atoms with Crippen molar-refractivity contribution in [2.24, 2.45) is 29.4 Å². The topological polar surface area (TPSA) is 66.5 Å². The molecule has 0 heterocycles. The number of hydrogen-bond acceptors (Lipinski definition) is 3. The molecule has 3 fully saturated rings. The molecule has 3 saturated carbocycles. The molecular weight excluding hydrogens is 298 g/mol. The standard InChI is InChI=1S/C21H35NO2/c22-11-5-1-2-6-15-12-17-14-21(24)18(19(17)13-15)9-10-20(23)16-7-3-4-8-16/h6,9-10,16-21,23-24H,1-5,7-8,11-14,22H2/b10-9+,15-6+/t17-,18+,19-,20+,21+/m0/s1. The number of hydrogen-bond donors (Lipinski definition) is 3. The Labute approximate surface area is 147 Å². The Hall–Kier alpha value is -0.640. The van der Waals surface area contributed by atoms with Gasteiger partial charge >= 0.3 is 0 Å². The molecule has 3 heteroatoms. The lowest BCUT2D eigenvalue weighted by molar-refractivity contribution is 0.135. The van der Waals surface area contributed by atoms with E-state index in [1.165, 1.54) is 25.7 Å². The molecule has 0 aromatic carbocycles. The molecule has 0 unspecified atom stereocenters. The quantitative estimate of drug-likeness (QED) is 0.493. The van der Waals surface area contributed by atoms with E-state index in [1.807, 2.05) is 6.08 Å². The van der Waals surface area contributed by atoms with Crippen LogP contribution < -0.4 is 5.73 Å². The second-order valence-corrected chi connectivity index (χ2v) is 8.28. The number of nitrogens with two attached hydrogens (primary N) is 1. The van der Waals surface area contributed by atoms with E-state index in [1.54, 1.807) is 5.57 Å². The number of aliphatic hydroxyl groups excluding tert-OH is 2. The first-order chi connectivity index (χ1) is 11.7. The van der Waals surface area contributed by atoms with E-state index >= 15 is 0 Å². The molecule has 4 N–H and O–H groups in total. The Kier molecular flexibility index (Phi) is 6.54. The molecule has 0 saturated heterocycles. The Bertz CT molecular complexity index is 453. The molecule has 0 spiro atoms. The highest BCUT2D eigenvalue weighted by molar-refractivity contribution is 5.18. The molecule has 0 aromatic heterocycles. The molecule has 0 amide bonds. The van der Waals surface area contributed by atoms with Crippen LogP contribution >= 0.6 is 0 Å². The van der Waals surface area contributed by atoms with Gasteiger partial charge in [0.25, 0.3) is 0 Å². The van der Waals surface area contributed by atoms with Crippen molar-refractivity contribution in [2.75, 3.05) is 6.54 Å². The number of fused-ring (bicyclic) bond motifs is 1. The highest BCUT2D eigenvalue weighted by Gasteiger charge is 2.45. The first-order valence-corrected chi connectivity index (χ1v) is 10.1. The molecule has 5 atom stereocenters. The molecule has 0 aromatic rings. The van der Waals surface area contributed by atoms with Crippen molar-refractivity contribution in [2.45, 2.75) is 76.4 Å². The lowest BCUT2D eigenvalue weighted by atomic mass is 9.89. The molecule has 3 aliphatic carbocycles. The van der Waals surface area contributed by atoms with Crippen LogP contribution in [0.2, 0.25) is 0 Å². The fraction of sp³-hybridized carbons (Fsp3) is 0.810. The molecule has 24 heavy (non-hydrogen) atoms. The summed E-state index contributed by atoms with van der Waals surface area (Å²) in [4.78, 5) is 0. The van der Waals surface area contributed by atoms with Gasteiger partial charge in [0, 0.05) is 5.92 Å². The van der Waals surface area contributed by atoms with Crippen LogP contribution in [0, 0.1) is 23.7 Å². The monoisotopic (exact) mass is 333 g/mol. The van der Waals surface area contributed by atoms with Gasteiger partial charge < -0.3 is 15.9 Å². The summed E-state index contributed by atoms with van der Waals surface area (Å²) in [5.74, 6) is 1.89. The van der Waals surface area contributed by atoms with Gasteiger partial charge in [-0.25, -0.2) is 0 Å². The van der Waals surface area contributed by atoms with Crippen molar-refractivity contribution >= 4 is 0 Å². The molecule has 136 valence electrons.